The highest BCUT2D eigenvalue weighted by molar-refractivity contribution is 6.04. The summed E-state index contributed by atoms with van der Waals surface area (Å²) in [6.45, 7) is 2.60. The summed E-state index contributed by atoms with van der Waals surface area (Å²) in [7, 11) is 0. The maximum absolute atomic E-state index is 11.9. The molecule has 1 aromatic carbocycles. The number of hydrogen-bond donors (Lipinski definition) is 1. The van der Waals surface area contributed by atoms with Gasteiger partial charge in [-0.05, 0) is 25.5 Å². The lowest BCUT2D eigenvalue weighted by atomic mass is 10.1. The second-order valence-electron chi connectivity index (χ2n) is 3.78. The van der Waals surface area contributed by atoms with Crippen molar-refractivity contribution in [3.8, 4) is 0 Å². The SMILES string of the molecule is CC1OCCC=C1C(=O)Nc1ccccc1. The van der Waals surface area contributed by atoms with Crippen LogP contribution in [0.3, 0.4) is 0 Å². The third kappa shape index (κ3) is 2.49. The number of hydrogen-bond acceptors (Lipinski definition) is 2. The highest BCUT2D eigenvalue weighted by Gasteiger charge is 2.19. The van der Waals surface area contributed by atoms with E-state index in [1.807, 2.05) is 43.3 Å². The number of anilines is 1. The first kappa shape index (κ1) is 10.9. The first-order chi connectivity index (χ1) is 7.77. The number of para-hydroxylation sites is 1. The lowest BCUT2D eigenvalue weighted by Gasteiger charge is -2.20. The van der Waals surface area contributed by atoms with E-state index in [4.69, 9.17) is 4.74 Å². The monoisotopic (exact) mass is 217 g/mol. The van der Waals surface area contributed by atoms with E-state index in [2.05, 4.69) is 5.32 Å². The van der Waals surface area contributed by atoms with Crippen molar-refractivity contribution in [2.75, 3.05) is 11.9 Å². The number of ether oxygens (including phenoxy) is 1. The zero-order chi connectivity index (χ0) is 11.4. The molecule has 1 unspecified atom stereocenters. The van der Waals surface area contributed by atoms with Crippen LogP contribution in [0.1, 0.15) is 13.3 Å². The summed E-state index contributed by atoms with van der Waals surface area (Å²) in [6, 6.07) is 9.44. The fourth-order valence-electron chi connectivity index (χ4n) is 1.72. The second kappa shape index (κ2) is 4.94. The van der Waals surface area contributed by atoms with E-state index in [9.17, 15) is 4.79 Å². The molecule has 0 bridgehead atoms. The Balaban J connectivity index is 2.06. The summed E-state index contributed by atoms with van der Waals surface area (Å²) in [6.07, 6.45) is 2.64. The van der Waals surface area contributed by atoms with E-state index in [-0.39, 0.29) is 12.0 Å². The Hall–Kier alpha value is -1.61. The lowest BCUT2D eigenvalue weighted by Crippen LogP contribution is -2.27. The second-order valence-corrected chi connectivity index (χ2v) is 3.78. The van der Waals surface area contributed by atoms with Gasteiger partial charge in [0.25, 0.3) is 5.91 Å². The Morgan fingerprint density at radius 1 is 1.38 bits per heavy atom. The van der Waals surface area contributed by atoms with Gasteiger partial charge in [0, 0.05) is 11.3 Å². The van der Waals surface area contributed by atoms with Crippen molar-refractivity contribution in [3.63, 3.8) is 0 Å². The van der Waals surface area contributed by atoms with Crippen molar-refractivity contribution in [1.82, 2.24) is 0 Å². The Kier molecular flexibility index (Phi) is 3.37. The minimum atomic E-state index is -0.113. The molecule has 0 saturated carbocycles. The topological polar surface area (TPSA) is 38.3 Å². The third-order valence-electron chi connectivity index (χ3n) is 2.58. The average molecular weight is 217 g/mol. The molecule has 16 heavy (non-hydrogen) atoms. The number of carbonyl (C=O) groups excluding carboxylic acids is 1. The van der Waals surface area contributed by atoms with Crippen molar-refractivity contribution in [2.45, 2.75) is 19.4 Å². The maximum atomic E-state index is 11.9. The van der Waals surface area contributed by atoms with Crippen LogP contribution in [0.5, 0.6) is 0 Å². The van der Waals surface area contributed by atoms with Crippen molar-refractivity contribution in [1.29, 1.82) is 0 Å². The molecule has 84 valence electrons. The zero-order valence-corrected chi connectivity index (χ0v) is 9.27. The van der Waals surface area contributed by atoms with Gasteiger partial charge in [-0.3, -0.25) is 4.79 Å². The zero-order valence-electron chi connectivity index (χ0n) is 9.27. The minimum absolute atomic E-state index is 0.0709. The Labute approximate surface area is 95.1 Å². The van der Waals surface area contributed by atoms with E-state index >= 15 is 0 Å². The number of nitrogens with one attached hydrogen (secondary N) is 1. The van der Waals surface area contributed by atoms with Crippen molar-refractivity contribution >= 4 is 11.6 Å². The molecule has 0 fully saturated rings. The van der Waals surface area contributed by atoms with Gasteiger partial charge in [-0.1, -0.05) is 24.3 Å². The van der Waals surface area contributed by atoms with Gasteiger partial charge in [-0.25, -0.2) is 0 Å². The van der Waals surface area contributed by atoms with Crippen LogP contribution in [0.4, 0.5) is 5.69 Å². The third-order valence-corrected chi connectivity index (χ3v) is 2.58. The normalized spacial score (nSPS) is 20.1. The smallest absolute Gasteiger partial charge is 0.253 e. The predicted octanol–water partition coefficient (Wildman–Crippen LogP) is 2.36. The molecule has 1 atom stereocenters. The highest BCUT2D eigenvalue weighted by Crippen LogP contribution is 2.16. The molecule has 1 aromatic rings. The molecule has 0 saturated heterocycles. The van der Waals surface area contributed by atoms with Crippen LogP contribution >= 0.6 is 0 Å². The molecule has 0 spiro atoms. The molecular weight excluding hydrogens is 202 g/mol. The van der Waals surface area contributed by atoms with E-state index in [0.29, 0.717) is 6.61 Å². The number of benzene rings is 1. The predicted molar refractivity (Wildman–Crippen MR) is 63.2 cm³/mol. The van der Waals surface area contributed by atoms with E-state index in [1.165, 1.54) is 0 Å². The fourth-order valence-corrected chi connectivity index (χ4v) is 1.72. The number of rotatable bonds is 2. The van der Waals surface area contributed by atoms with Crippen molar-refractivity contribution in [3.05, 3.63) is 42.0 Å². The largest absolute Gasteiger partial charge is 0.373 e. The summed E-state index contributed by atoms with van der Waals surface area (Å²) in [5.74, 6) is -0.0709. The molecule has 0 aliphatic carbocycles. The van der Waals surface area contributed by atoms with Gasteiger partial charge in [0.1, 0.15) is 0 Å². The van der Waals surface area contributed by atoms with Gasteiger partial charge >= 0.3 is 0 Å². The summed E-state index contributed by atoms with van der Waals surface area (Å²) < 4.78 is 5.42. The molecule has 3 heteroatoms. The Morgan fingerprint density at radius 2 is 2.12 bits per heavy atom. The van der Waals surface area contributed by atoms with Gasteiger partial charge in [-0.15, -0.1) is 0 Å². The fraction of sp³-hybridized carbons (Fsp3) is 0.308. The van der Waals surface area contributed by atoms with E-state index in [0.717, 1.165) is 17.7 Å². The molecule has 3 nitrogen and oxygen atoms in total. The molecule has 0 radical (unpaired) electrons. The summed E-state index contributed by atoms with van der Waals surface area (Å²) in [4.78, 5) is 11.9. The average Bonchev–Trinajstić information content (AvgIpc) is 2.31. The van der Waals surface area contributed by atoms with E-state index in [1.54, 1.807) is 0 Å². The minimum Gasteiger partial charge on any atom is -0.373 e. The van der Waals surface area contributed by atoms with Gasteiger partial charge in [0.2, 0.25) is 0 Å². The summed E-state index contributed by atoms with van der Waals surface area (Å²) in [5, 5.41) is 2.85. The van der Waals surface area contributed by atoms with Crippen LogP contribution in [-0.4, -0.2) is 18.6 Å². The van der Waals surface area contributed by atoms with Crippen LogP contribution in [0.25, 0.3) is 0 Å². The van der Waals surface area contributed by atoms with Crippen LogP contribution < -0.4 is 5.32 Å². The van der Waals surface area contributed by atoms with Crippen molar-refractivity contribution in [2.24, 2.45) is 0 Å². The summed E-state index contributed by atoms with van der Waals surface area (Å²) in [5.41, 5.74) is 1.53. The van der Waals surface area contributed by atoms with Crippen LogP contribution in [0, 0.1) is 0 Å². The maximum Gasteiger partial charge on any atom is 0.253 e. The molecular formula is C13H15NO2. The molecule has 0 aromatic heterocycles. The molecule has 1 N–H and O–H groups in total. The van der Waals surface area contributed by atoms with Crippen molar-refractivity contribution < 1.29 is 9.53 Å². The van der Waals surface area contributed by atoms with Gasteiger partial charge in [0.05, 0.1) is 12.7 Å². The number of carbonyl (C=O) groups is 1. The molecule has 1 heterocycles. The molecule has 1 aliphatic rings. The van der Waals surface area contributed by atoms with Crippen LogP contribution in [-0.2, 0) is 9.53 Å². The first-order valence-electron chi connectivity index (χ1n) is 5.45. The highest BCUT2D eigenvalue weighted by atomic mass is 16.5. The van der Waals surface area contributed by atoms with Gasteiger partial charge in [-0.2, -0.15) is 0 Å². The summed E-state index contributed by atoms with van der Waals surface area (Å²) >= 11 is 0. The van der Waals surface area contributed by atoms with Crippen LogP contribution in [0.2, 0.25) is 0 Å². The molecule has 2 rings (SSSR count). The standard InChI is InChI=1S/C13H15NO2/c1-10-12(8-5-9-16-10)13(15)14-11-6-3-2-4-7-11/h2-4,6-8,10H,5,9H2,1H3,(H,14,15). The first-order valence-corrected chi connectivity index (χ1v) is 5.45. The quantitative estimate of drug-likeness (QED) is 0.825. The number of amides is 1. The van der Waals surface area contributed by atoms with Crippen LogP contribution in [0.15, 0.2) is 42.0 Å². The molecule has 1 amide bonds. The van der Waals surface area contributed by atoms with E-state index < -0.39 is 0 Å². The lowest BCUT2D eigenvalue weighted by molar-refractivity contribution is -0.114. The Morgan fingerprint density at radius 3 is 2.81 bits per heavy atom. The molecule has 1 aliphatic heterocycles. The van der Waals surface area contributed by atoms with Gasteiger partial charge < -0.3 is 10.1 Å². The Bertz CT molecular complexity index is 398. The van der Waals surface area contributed by atoms with Gasteiger partial charge in [0.15, 0.2) is 0 Å².